The lowest BCUT2D eigenvalue weighted by atomic mass is 10.1. The van der Waals surface area contributed by atoms with E-state index in [0.29, 0.717) is 6.42 Å². The number of carbonyl (C=O) groups is 2. The van der Waals surface area contributed by atoms with Crippen molar-refractivity contribution in [2.24, 2.45) is 11.8 Å². The van der Waals surface area contributed by atoms with Crippen LogP contribution in [0.2, 0.25) is 0 Å². The highest BCUT2D eigenvalue weighted by Crippen LogP contribution is 2.21. The first-order valence-corrected chi connectivity index (χ1v) is 3.10. The van der Waals surface area contributed by atoms with E-state index in [1.807, 2.05) is 0 Å². The molecule has 1 aliphatic rings. The van der Waals surface area contributed by atoms with Crippen LogP contribution in [0.3, 0.4) is 0 Å². The van der Waals surface area contributed by atoms with Crippen LogP contribution in [0.1, 0.15) is 6.42 Å². The summed E-state index contributed by atoms with van der Waals surface area (Å²) in [4.78, 5) is 20.4. The number of aldehydes is 1. The number of allylic oxidation sites excluding steroid dienone is 1. The van der Waals surface area contributed by atoms with Crippen LogP contribution in [0.25, 0.3) is 0 Å². The molecule has 0 aromatic heterocycles. The van der Waals surface area contributed by atoms with E-state index in [1.165, 1.54) is 0 Å². The summed E-state index contributed by atoms with van der Waals surface area (Å²) in [5, 5.41) is 8.46. The van der Waals surface area contributed by atoms with Gasteiger partial charge < -0.3 is 9.90 Å². The predicted octanol–water partition coefficient (Wildman–Crippen LogP) is 0.462. The standard InChI is InChI=1S/C7H8O3/c8-4-5-1-2-6(3-5)7(9)10/h1-2,4-6H,3H2,(H,9,10). The molecule has 2 atom stereocenters. The van der Waals surface area contributed by atoms with Gasteiger partial charge in [0, 0.05) is 5.92 Å². The van der Waals surface area contributed by atoms with Gasteiger partial charge in [-0.1, -0.05) is 12.2 Å². The quantitative estimate of drug-likeness (QED) is 0.448. The van der Waals surface area contributed by atoms with E-state index in [9.17, 15) is 9.59 Å². The summed E-state index contributed by atoms with van der Waals surface area (Å²) in [5.41, 5.74) is 0. The Morgan fingerprint density at radius 2 is 2.30 bits per heavy atom. The molecule has 0 bridgehead atoms. The first-order valence-electron chi connectivity index (χ1n) is 3.10. The normalized spacial score (nSPS) is 30.4. The number of hydrogen-bond donors (Lipinski definition) is 1. The number of carboxylic acid groups (broad SMARTS) is 1. The van der Waals surface area contributed by atoms with Gasteiger partial charge in [-0.2, -0.15) is 0 Å². The first-order chi connectivity index (χ1) is 4.74. The van der Waals surface area contributed by atoms with E-state index in [2.05, 4.69) is 0 Å². The summed E-state index contributed by atoms with van der Waals surface area (Å²) in [6, 6.07) is 0. The molecule has 1 N–H and O–H groups in total. The molecule has 0 spiro atoms. The second-order valence-corrected chi connectivity index (χ2v) is 2.37. The number of carboxylic acids is 1. The highest BCUT2D eigenvalue weighted by molar-refractivity contribution is 5.74. The number of aliphatic carboxylic acids is 1. The Morgan fingerprint density at radius 3 is 2.60 bits per heavy atom. The van der Waals surface area contributed by atoms with Crippen LogP contribution in [0, 0.1) is 11.8 Å². The van der Waals surface area contributed by atoms with Crippen LogP contribution in [-0.2, 0) is 9.59 Å². The third-order valence-corrected chi connectivity index (χ3v) is 1.61. The monoisotopic (exact) mass is 140 g/mol. The molecule has 0 fully saturated rings. The van der Waals surface area contributed by atoms with Gasteiger partial charge in [0.2, 0.25) is 0 Å². The molecule has 2 unspecified atom stereocenters. The Bertz CT molecular complexity index is 183. The predicted molar refractivity (Wildman–Crippen MR) is 34.4 cm³/mol. The Balaban J connectivity index is 2.52. The number of carbonyl (C=O) groups excluding carboxylic acids is 1. The molecule has 0 radical (unpaired) electrons. The molecule has 0 aromatic rings. The maximum absolute atomic E-state index is 10.3. The fourth-order valence-corrected chi connectivity index (χ4v) is 1.01. The minimum Gasteiger partial charge on any atom is -0.481 e. The summed E-state index contributed by atoms with van der Waals surface area (Å²) in [6.45, 7) is 0. The fourth-order valence-electron chi connectivity index (χ4n) is 1.01. The molecule has 54 valence electrons. The van der Waals surface area contributed by atoms with Crippen molar-refractivity contribution in [1.82, 2.24) is 0 Å². The van der Waals surface area contributed by atoms with Crippen molar-refractivity contribution < 1.29 is 14.7 Å². The summed E-state index contributed by atoms with van der Waals surface area (Å²) in [5.74, 6) is -1.48. The molecular formula is C7H8O3. The molecule has 0 heterocycles. The third kappa shape index (κ3) is 1.23. The molecule has 1 aliphatic carbocycles. The minimum absolute atomic E-state index is 0.180. The van der Waals surface area contributed by atoms with Crippen molar-refractivity contribution in [3.8, 4) is 0 Å². The lowest BCUT2D eigenvalue weighted by molar-refractivity contribution is -0.140. The van der Waals surface area contributed by atoms with Crippen molar-refractivity contribution in [3.05, 3.63) is 12.2 Å². The average Bonchev–Trinajstić information content (AvgIpc) is 2.34. The topological polar surface area (TPSA) is 54.4 Å². The SMILES string of the molecule is O=CC1C=CC(C(=O)O)C1. The highest BCUT2D eigenvalue weighted by Gasteiger charge is 2.23. The van der Waals surface area contributed by atoms with Gasteiger partial charge >= 0.3 is 5.97 Å². The molecule has 0 amide bonds. The van der Waals surface area contributed by atoms with E-state index in [4.69, 9.17) is 5.11 Å². The second-order valence-electron chi connectivity index (χ2n) is 2.37. The maximum atomic E-state index is 10.3. The van der Waals surface area contributed by atoms with Gasteiger partial charge in [0.15, 0.2) is 0 Å². The first kappa shape index (κ1) is 6.99. The van der Waals surface area contributed by atoms with E-state index in [1.54, 1.807) is 12.2 Å². The molecule has 0 aromatic carbocycles. The van der Waals surface area contributed by atoms with Gasteiger partial charge in [-0.05, 0) is 6.42 Å². The fraction of sp³-hybridized carbons (Fsp3) is 0.429. The summed E-state index contributed by atoms with van der Waals surface area (Å²) in [7, 11) is 0. The van der Waals surface area contributed by atoms with Gasteiger partial charge in [0.1, 0.15) is 6.29 Å². The smallest absolute Gasteiger partial charge is 0.310 e. The van der Waals surface area contributed by atoms with Gasteiger partial charge in [-0.25, -0.2) is 0 Å². The van der Waals surface area contributed by atoms with Crippen LogP contribution in [0.15, 0.2) is 12.2 Å². The van der Waals surface area contributed by atoms with Crippen molar-refractivity contribution >= 4 is 12.3 Å². The second kappa shape index (κ2) is 2.64. The zero-order valence-corrected chi connectivity index (χ0v) is 5.36. The van der Waals surface area contributed by atoms with Crippen LogP contribution in [0.4, 0.5) is 0 Å². The molecule has 3 nitrogen and oxygen atoms in total. The number of hydrogen-bond acceptors (Lipinski definition) is 2. The Morgan fingerprint density at radius 1 is 1.60 bits per heavy atom. The Hall–Kier alpha value is -1.12. The summed E-state index contributed by atoms with van der Waals surface area (Å²) >= 11 is 0. The van der Waals surface area contributed by atoms with E-state index >= 15 is 0 Å². The van der Waals surface area contributed by atoms with E-state index in [-0.39, 0.29) is 5.92 Å². The largest absolute Gasteiger partial charge is 0.481 e. The average molecular weight is 140 g/mol. The van der Waals surface area contributed by atoms with Gasteiger partial charge in [-0.15, -0.1) is 0 Å². The van der Waals surface area contributed by atoms with Gasteiger partial charge in [0.05, 0.1) is 5.92 Å². The maximum Gasteiger partial charge on any atom is 0.310 e. The molecule has 0 aliphatic heterocycles. The van der Waals surface area contributed by atoms with Crippen molar-refractivity contribution in [2.75, 3.05) is 0 Å². The molecule has 3 heteroatoms. The van der Waals surface area contributed by atoms with E-state index in [0.717, 1.165) is 6.29 Å². The van der Waals surface area contributed by atoms with Crippen molar-refractivity contribution in [3.63, 3.8) is 0 Å². The van der Waals surface area contributed by atoms with Gasteiger partial charge in [0.25, 0.3) is 0 Å². The molecular weight excluding hydrogens is 132 g/mol. The van der Waals surface area contributed by atoms with Crippen LogP contribution < -0.4 is 0 Å². The van der Waals surface area contributed by atoms with Crippen LogP contribution >= 0.6 is 0 Å². The zero-order valence-electron chi connectivity index (χ0n) is 5.36. The van der Waals surface area contributed by atoms with Crippen molar-refractivity contribution in [2.45, 2.75) is 6.42 Å². The summed E-state index contributed by atoms with van der Waals surface area (Å²) < 4.78 is 0. The minimum atomic E-state index is -0.847. The Kier molecular flexibility index (Phi) is 1.85. The Labute approximate surface area is 58.4 Å². The van der Waals surface area contributed by atoms with Crippen molar-refractivity contribution in [1.29, 1.82) is 0 Å². The molecule has 0 saturated heterocycles. The third-order valence-electron chi connectivity index (χ3n) is 1.61. The number of rotatable bonds is 2. The molecule has 0 saturated carbocycles. The van der Waals surface area contributed by atoms with Gasteiger partial charge in [-0.3, -0.25) is 4.79 Å². The van der Waals surface area contributed by atoms with Crippen LogP contribution in [0.5, 0.6) is 0 Å². The highest BCUT2D eigenvalue weighted by atomic mass is 16.4. The zero-order chi connectivity index (χ0) is 7.56. The van der Waals surface area contributed by atoms with E-state index < -0.39 is 11.9 Å². The molecule has 10 heavy (non-hydrogen) atoms. The lowest BCUT2D eigenvalue weighted by Gasteiger charge is -1.99. The van der Waals surface area contributed by atoms with Crippen LogP contribution in [-0.4, -0.2) is 17.4 Å². The lowest BCUT2D eigenvalue weighted by Crippen LogP contribution is -2.10. The molecule has 1 rings (SSSR count). The summed E-state index contributed by atoms with van der Waals surface area (Å²) in [6.07, 6.45) is 4.42.